The first kappa shape index (κ1) is 17.5. The van der Waals surface area contributed by atoms with Crippen molar-refractivity contribution in [3.05, 3.63) is 59.7 Å². The monoisotopic (exact) mass is 324 g/mol. The van der Waals surface area contributed by atoms with Crippen molar-refractivity contribution in [1.82, 2.24) is 5.43 Å². The van der Waals surface area contributed by atoms with E-state index in [1.807, 2.05) is 81.4 Å². The van der Waals surface area contributed by atoms with Gasteiger partial charge in [-0.15, -0.1) is 0 Å². The number of carbonyl (C=O) groups excluding carboxylic acids is 1. The Hall–Kier alpha value is -2.82. The van der Waals surface area contributed by atoms with Gasteiger partial charge in [-0.1, -0.05) is 30.3 Å². The minimum absolute atomic E-state index is 0.181. The Morgan fingerprint density at radius 1 is 1.12 bits per heavy atom. The molecule has 0 saturated heterocycles. The van der Waals surface area contributed by atoms with Crippen molar-refractivity contribution < 1.29 is 4.79 Å². The predicted molar refractivity (Wildman–Crippen MR) is 101 cm³/mol. The van der Waals surface area contributed by atoms with Crippen LogP contribution in [0, 0.1) is 6.92 Å². The number of nitrogens with zero attached hydrogens (tertiary/aromatic N) is 2. The van der Waals surface area contributed by atoms with Gasteiger partial charge in [0.25, 0.3) is 5.91 Å². The molecule has 0 saturated carbocycles. The number of nitrogens with one attached hydrogen (secondary N) is 2. The zero-order chi connectivity index (χ0) is 17.5. The van der Waals surface area contributed by atoms with Crippen LogP contribution in [-0.2, 0) is 4.79 Å². The van der Waals surface area contributed by atoms with Gasteiger partial charge in [0.2, 0.25) is 0 Å². The maximum absolute atomic E-state index is 12.1. The van der Waals surface area contributed by atoms with Gasteiger partial charge in [-0.25, -0.2) is 5.43 Å². The number of hydrogen-bond acceptors (Lipinski definition) is 4. The molecule has 0 aliphatic rings. The van der Waals surface area contributed by atoms with Crippen molar-refractivity contribution in [2.45, 2.75) is 19.9 Å². The van der Waals surface area contributed by atoms with Crippen molar-refractivity contribution in [3.63, 3.8) is 0 Å². The molecule has 0 aliphatic carbocycles. The lowest BCUT2D eigenvalue weighted by atomic mass is 10.2. The van der Waals surface area contributed by atoms with Gasteiger partial charge in [0.1, 0.15) is 6.04 Å². The molecule has 2 aromatic rings. The maximum Gasteiger partial charge on any atom is 0.262 e. The molecule has 2 N–H and O–H groups in total. The normalized spacial score (nSPS) is 12.0. The lowest BCUT2D eigenvalue weighted by Crippen LogP contribution is -2.35. The molecular weight excluding hydrogens is 300 g/mol. The minimum Gasteiger partial charge on any atom is -0.378 e. The molecule has 0 fully saturated rings. The molecule has 126 valence electrons. The van der Waals surface area contributed by atoms with Crippen LogP contribution in [0.3, 0.4) is 0 Å². The van der Waals surface area contributed by atoms with Gasteiger partial charge in [-0.2, -0.15) is 5.10 Å². The number of anilines is 2. The Kier molecular flexibility index (Phi) is 5.95. The highest BCUT2D eigenvalue weighted by atomic mass is 16.2. The van der Waals surface area contributed by atoms with Crippen molar-refractivity contribution in [2.24, 2.45) is 5.10 Å². The largest absolute Gasteiger partial charge is 0.378 e. The smallest absolute Gasteiger partial charge is 0.262 e. The zero-order valence-electron chi connectivity index (χ0n) is 14.6. The van der Waals surface area contributed by atoms with Crippen molar-refractivity contribution in [3.8, 4) is 0 Å². The Morgan fingerprint density at radius 3 is 2.42 bits per heavy atom. The number of benzene rings is 2. The molecule has 1 atom stereocenters. The molecule has 5 heteroatoms. The van der Waals surface area contributed by atoms with Crippen LogP contribution in [0.4, 0.5) is 11.4 Å². The topological polar surface area (TPSA) is 56.7 Å². The van der Waals surface area contributed by atoms with Crippen LogP contribution in [0.25, 0.3) is 0 Å². The number of hydrogen-bond donors (Lipinski definition) is 2. The number of amides is 1. The molecule has 0 spiro atoms. The molecule has 2 rings (SSSR count). The van der Waals surface area contributed by atoms with Gasteiger partial charge >= 0.3 is 0 Å². The summed E-state index contributed by atoms with van der Waals surface area (Å²) in [6, 6.07) is 15.4. The van der Waals surface area contributed by atoms with Crippen LogP contribution >= 0.6 is 0 Å². The molecule has 24 heavy (non-hydrogen) atoms. The van der Waals surface area contributed by atoms with Crippen LogP contribution in [-0.4, -0.2) is 32.3 Å². The molecule has 2 aromatic carbocycles. The van der Waals surface area contributed by atoms with E-state index in [4.69, 9.17) is 0 Å². The van der Waals surface area contributed by atoms with Gasteiger partial charge in [0, 0.05) is 25.5 Å². The van der Waals surface area contributed by atoms with E-state index in [0.29, 0.717) is 0 Å². The van der Waals surface area contributed by atoms with E-state index in [1.165, 1.54) is 0 Å². The van der Waals surface area contributed by atoms with Gasteiger partial charge in [-0.05, 0) is 43.2 Å². The Morgan fingerprint density at radius 2 is 1.79 bits per heavy atom. The molecule has 0 bridgehead atoms. The average molecular weight is 324 g/mol. The van der Waals surface area contributed by atoms with E-state index in [0.717, 1.165) is 22.5 Å². The summed E-state index contributed by atoms with van der Waals surface area (Å²) in [5, 5.41) is 7.21. The lowest BCUT2D eigenvalue weighted by Gasteiger charge is -2.15. The van der Waals surface area contributed by atoms with Crippen LogP contribution in [0.1, 0.15) is 18.1 Å². The summed E-state index contributed by atoms with van der Waals surface area (Å²) in [6.07, 6.45) is 1.64. The first-order valence-electron chi connectivity index (χ1n) is 7.90. The van der Waals surface area contributed by atoms with E-state index in [2.05, 4.69) is 15.8 Å². The highest BCUT2D eigenvalue weighted by molar-refractivity contribution is 5.86. The summed E-state index contributed by atoms with van der Waals surface area (Å²) < 4.78 is 0. The standard InChI is InChI=1S/C19H24N4O/c1-14-7-5-6-8-18(14)21-15(2)19(24)22-20-13-16-9-11-17(12-10-16)23(3)4/h5-13,15,21H,1-4H3,(H,22,24)/b20-13+. The van der Waals surface area contributed by atoms with Crippen molar-refractivity contribution >= 4 is 23.5 Å². The number of hydrazone groups is 1. The quantitative estimate of drug-likeness (QED) is 0.634. The number of para-hydroxylation sites is 1. The predicted octanol–water partition coefficient (Wildman–Crippen LogP) is 3.01. The summed E-state index contributed by atoms with van der Waals surface area (Å²) in [5.74, 6) is -0.181. The third-order valence-corrected chi connectivity index (χ3v) is 3.71. The van der Waals surface area contributed by atoms with E-state index >= 15 is 0 Å². The highest BCUT2D eigenvalue weighted by Crippen LogP contribution is 2.14. The Bertz CT molecular complexity index is 708. The average Bonchev–Trinajstić information content (AvgIpc) is 2.57. The maximum atomic E-state index is 12.1. The van der Waals surface area contributed by atoms with E-state index in [9.17, 15) is 4.79 Å². The number of aryl methyl sites for hydroxylation is 1. The number of carbonyl (C=O) groups is 1. The van der Waals surface area contributed by atoms with Gasteiger partial charge < -0.3 is 10.2 Å². The van der Waals surface area contributed by atoms with Crippen LogP contribution < -0.4 is 15.6 Å². The number of rotatable bonds is 6. The van der Waals surface area contributed by atoms with E-state index < -0.39 is 0 Å². The second kappa shape index (κ2) is 8.15. The Balaban J connectivity index is 1.88. The molecule has 0 radical (unpaired) electrons. The Labute approximate surface area is 143 Å². The lowest BCUT2D eigenvalue weighted by molar-refractivity contribution is -0.121. The molecular formula is C19H24N4O. The fraction of sp³-hybridized carbons (Fsp3) is 0.263. The second-order valence-corrected chi connectivity index (χ2v) is 5.90. The van der Waals surface area contributed by atoms with Crippen LogP contribution in [0.5, 0.6) is 0 Å². The third-order valence-electron chi connectivity index (χ3n) is 3.71. The van der Waals surface area contributed by atoms with Crippen molar-refractivity contribution in [1.29, 1.82) is 0 Å². The minimum atomic E-state index is -0.376. The summed E-state index contributed by atoms with van der Waals surface area (Å²) in [5.41, 5.74) is 6.66. The summed E-state index contributed by atoms with van der Waals surface area (Å²) in [4.78, 5) is 14.1. The van der Waals surface area contributed by atoms with Crippen LogP contribution in [0.2, 0.25) is 0 Å². The van der Waals surface area contributed by atoms with Gasteiger partial charge in [-0.3, -0.25) is 4.79 Å². The molecule has 0 heterocycles. The summed E-state index contributed by atoms with van der Waals surface area (Å²) in [6.45, 7) is 3.81. The first-order valence-corrected chi connectivity index (χ1v) is 7.90. The SMILES string of the molecule is Cc1ccccc1NC(C)C(=O)N/N=C/c1ccc(N(C)C)cc1. The fourth-order valence-corrected chi connectivity index (χ4v) is 2.16. The first-order chi connectivity index (χ1) is 11.5. The van der Waals surface area contributed by atoms with Gasteiger partial charge in [0.15, 0.2) is 0 Å². The molecule has 1 amide bonds. The van der Waals surface area contributed by atoms with Crippen molar-refractivity contribution in [2.75, 3.05) is 24.3 Å². The third kappa shape index (κ3) is 4.84. The summed E-state index contributed by atoms with van der Waals surface area (Å²) in [7, 11) is 3.98. The van der Waals surface area contributed by atoms with E-state index in [-0.39, 0.29) is 11.9 Å². The van der Waals surface area contributed by atoms with E-state index in [1.54, 1.807) is 6.21 Å². The molecule has 5 nitrogen and oxygen atoms in total. The fourth-order valence-electron chi connectivity index (χ4n) is 2.16. The molecule has 1 unspecified atom stereocenters. The second-order valence-electron chi connectivity index (χ2n) is 5.90. The summed E-state index contributed by atoms with van der Waals surface area (Å²) >= 11 is 0. The zero-order valence-corrected chi connectivity index (χ0v) is 14.6. The molecule has 0 aliphatic heterocycles. The highest BCUT2D eigenvalue weighted by Gasteiger charge is 2.12. The van der Waals surface area contributed by atoms with Gasteiger partial charge in [0.05, 0.1) is 6.21 Å². The molecule has 0 aromatic heterocycles. The van der Waals surface area contributed by atoms with Crippen LogP contribution in [0.15, 0.2) is 53.6 Å².